The Kier molecular flexibility index (Phi) is 5.06. The highest BCUT2D eigenvalue weighted by atomic mass is 16.3. The minimum absolute atomic E-state index is 0.0808. The first-order valence-electron chi connectivity index (χ1n) is 7.00. The number of nitrogens with one attached hydrogen (secondary N) is 1. The van der Waals surface area contributed by atoms with Crippen LogP contribution in [0, 0.1) is 0 Å². The van der Waals surface area contributed by atoms with Crippen LogP contribution in [0.1, 0.15) is 19.4 Å². The molecule has 6 nitrogen and oxygen atoms in total. The maximum Gasteiger partial charge on any atom is 0.258 e. The molecular formula is C16H19N3O3. The number of amides is 1. The van der Waals surface area contributed by atoms with Crippen molar-refractivity contribution >= 4 is 17.9 Å². The molecule has 1 heterocycles. The minimum Gasteiger partial charge on any atom is -0.512 e. The number of hydrazone groups is 1. The van der Waals surface area contributed by atoms with E-state index in [4.69, 9.17) is 0 Å². The molecule has 2 atom stereocenters. The molecule has 2 rings (SSSR count). The first-order chi connectivity index (χ1) is 10.5. The number of rotatable bonds is 6. The van der Waals surface area contributed by atoms with Gasteiger partial charge in [-0.3, -0.25) is 14.5 Å². The highest BCUT2D eigenvalue weighted by Gasteiger charge is 2.40. The third-order valence-corrected chi connectivity index (χ3v) is 3.38. The number of ketones is 1. The summed E-state index contributed by atoms with van der Waals surface area (Å²) in [5, 5.41) is 13.0. The molecule has 0 saturated carbocycles. The van der Waals surface area contributed by atoms with Gasteiger partial charge in [0.05, 0.1) is 11.8 Å². The van der Waals surface area contributed by atoms with Gasteiger partial charge in [-0.1, -0.05) is 30.3 Å². The van der Waals surface area contributed by atoms with Crippen molar-refractivity contribution in [3.05, 3.63) is 47.2 Å². The van der Waals surface area contributed by atoms with Crippen LogP contribution in [-0.2, 0) is 16.1 Å². The van der Waals surface area contributed by atoms with Gasteiger partial charge in [0, 0.05) is 13.1 Å². The van der Waals surface area contributed by atoms with Gasteiger partial charge in [0.25, 0.3) is 5.91 Å². The van der Waals surface area contributed by atoms with E-state index in [-0.39, 0.29) is 29.1 Å². The normalized spacial score (nSPS) is 21.4. The molecule has 116 valence electrons. The van der Waals surface area contributed by atoms with Crippen molar-refractivity contribution in [2.24, 2.45) is 5.10 Å². The molecule has 2 N–H and O–H groups in total. The highest BCUT2D eigenvalue weighted by Crippen LogP contribution is 2.20. The van der Waals surface area contributed by atoms with Crippen molar-refractivity contribution in [2.75, 3.05) is 6.54 Å². The number of allylic oxidation sites excluding steroid dienone is 2. The molecule has 1 fully saturated rings. The molecule has 0 spiro atoms. The third kappa shape index (κ3) is 4.26. The second kappa shape index (κ2) is 7.00. The summed E-state index contributed by atoms with van der Waals surface area (Å²) >= 11 is 0. The lowest BCUT2D eigenvalue weighted by atomic mass is 10.2. The van der Waals surface area contributed by atoms with Crippen molar-refractivity contribution in [1.29, 1.82) is 0 Å². The van der Waals surface area contributed by atoms with Gasteiger partial charge < -0.3 is 5.11 Å². The standard InChI is InChI=1S/C16H19N3O3/c1-11(20)14(12(2)21)8-17-18-16(22)15-10-19(15)9-13-6-4-3-5-7-13/h3-8,15,20H,9-10H2,1-2H3,(H,18,22)/b14-11-,17-8+. The quantitative estimate of drug-likeness (QED) is 0.273. The van der Waals surface area contributed by atoms with Crippen LogP contribution in [0.2, 0.25) is 0 Å². The SMILES string of the molecule is CC(=O)C(/C=N/NC(=O)C1CN1Cc1ccccc1)=C(/C)O. The van der Waals surface area contributed by atoms with Gasteiger partial charge in [-0.25, -0.2) is 5.43 Å². The van der Waals surface area contributed by atoms with Crippen LogP contribution in [0.5, 0.6) is 0 Å². The average Bonchev–Trinajstić information content (AvgIpc) is 3.23. The average molecular weight is 301 g/mol. The predicted octanol–water partition coefficient (Wildman–Crippen LogP) is 1.39. The Hall–Kier alpha value is -2.47. The van der Waals surface area contributed by atoms with Gasteiger partial charge in [-0.15, -0.1) is 0 Å². The number of hydrogen-bond acceptors (Lipinski definition) is 5. The van der Waals surface area contributed by atoms with Gasteiger partial charge in [-0.2, -0.15) is 5.10 Å². The zero-order valence-corrected chi connectivity index (χ0v) is 12.6. The van der Waals surface area contributed by atoms with Crippen LogP contribution >= 0.6 is 0 Å². The lowest BCUT2D eigenvalue weighted by Crippen LogP contribution is -2.26. The summed E-state index contributed by atoms with van der Waals surface area (Å²) in [7, 11) is 0. The maximum absolute atomic E-state index is 11.9. The molecule has 1 aliphatic heterocycles. The molecule has 6 heteroatoms. The topological polar surface area (TPSA) is 81.8 Å². The second-order valence-electron chi connectivity index (χ2n) is 5.22. The minimum atomic E-state index is -0.310. The molecule has 0 aromatic heterocycles. The van der Waals surface area contributed by atoms with Gasteiger partial charge >= 0.3 is 0 Å². The van der Waals surface area contributed by atoms with Gasteiger partial charge in [0.1, 0.15) is 11.8 Å². The van der Waals surface area contributed by atoms with Crippen molar-refractivity contribution < 1.29 is 14.7 Å². The van der Waals surface area contributed by atoms with E-state index in [1.165, 1.54) is 20.1 Å². The molecule has 2 unspecified atom stereocenters. The Balaban J connectivity index is 1.82. The van der Waals surface area contributed by atoms with Gasteiger partial charge in [0.15, 0.2) is 5.78 Å². The molecule has 1 aromatic rings. The molecule has 1 aromatic carbocycles. The van der Waals surface area contributed by atoms with E-state index < -0.39 is 0 Å². The zero-order valence-electron chi connectivity index (χ0n) is 12.6. The first-order valence-corrected chi connectivity index (χ1v) is 7.00. The summed E-state index contributed by atoms with van der Waals surface area (Å²) in [5.41, 5.74) is 3.62. The first kappa shape index (κ1) is 15.9. The van der Waals surface area contributed by atoms with Crippen molar-refractivity contribution in [2.45, 2.75) is 26.4 Å². The number of benzene rings is 1. The summed E-state index contributed by atoms with van der Waals surface area (Å²) in [6, 6.07) is 9.71. The molecule has 1 aliphatic rings. The number of hydrogen-bond donors (Lipinski definition) is 2. The number of carbonyl (C=O) groups is 2. The Morgan fingerprint density at radius 3 is 2.64 bits per heavy atom. The third-order valence-electron chi connectivity index (χ3n) is 3.38. The largest absolute Gasteiger partial charge is 0.512 e. The van der Waals surface area contributed by atoms with Crippen LogP contribution in [0.25, 0.3) is 0 Å². The van der Waals surface area contributed by atoms with E-state index in [1.54, 1.807) is 0 Å². The van der Waals surface area contributed by atoms with Crippen LogP contribution in [0.4, 0.5) is 0 Å². The number of aliphatic hydroxyl groups is 1. The Bertz CT molecular complexity index is 619. The predicted molar refractivity (Wildman–Crippen MR) is 83.3 cm³/mol. The highest BCUT2D eigenvalue weighted by molar-refractivity contribution is 6.12. The molecular weight excluding hydrogens is 282 g/mol. The summed E-state index contributed by atoms with van der Waals surface area (Å²) in [5.74, 6) is -0.650. The fourth-order valence-electron chi connectivity index (χ4n) is 2.09. The zero-order chi connectivity index (χ0) is 16.1. The Labute approximate surface area is 129 Å². The summed E-state index contributed by atoms with van der Waals surface area (Å²) < 4.78 is 0. The summed E-state index contributed by atoms with van der Waals surface area (Å²) in [4.78, 5) is 25.1. The Morgan fingerprint density at radius 2 is 2.05 bits per heavy atom. The number of Topliss-reactive ketones (excluding diaryl/α,β-unsaturated/α-hetero) is 1. The van der Waals surface area contributed by atoms with E-state index in [1.807, 2.05) is 35.2 Å². The van der Waals surface area contributed by atoms with Crippen LogP contribution in [-0.4, -0.2) is 40.5 Å². The van der Waals surface area contributed by atoms with E-state index in [9.17, 15) is 14.7 Å². The summed E-state index contributed by atoms with van der Waals surface area (Å²) in [6.45, 7) is 4.13. The van der Waals surface area contributed by atoms with Gasteiger partial charge in [0.2, 0.25) is 0 Å². The molecule has 22 heavy (non-hydrogen) atoms. The Morgan fingerprint density at radius 1 is 1.36 bits per heavy atom. The lowest BCUT2D eigenvalue weighted by molar-refractivity contribution is -0.121. The molecule has 0 radical (unpaired) electrons. The van der Waals surface area contributed by atoms with E-state index >= 15 is 0 Å². The molecule has 1 saturated heterocycles. The van der Waals surface area contributed by atoms with Crippen LogP contribution in [0.15, 0.2) is 46.8 Å². The number of nitrogens with zero attached hydrogens (tertiary/aromatic N) is 2. The monoisotopic (exact) mass is 301 g/mol. The summed E-state index contributed by atoms with van der Waals surface area (Å²) in [6.07, 6.45) is 1.17. The van der Waals surface area contributed by atoms with Crippen LogP contribution in [0.3, 0.4) is 0 Å². The maximum atomic E-state index is 11.9. The van der Waals surface area contributed by atoms with E-state index in [0.29, 0.717) is 6.54 Å². The lowest BCUT2D eigenvalue weighted by Gasteiger charge is -2.03. The van der Waals surface area contributed by atoms with Crippen molar-refractivity contribution in [3.8, 4) is 0 Å². The smallest absolute Gasteiger partial charge is 0.258 e. The van der Waals surface area contributed by atoms with Crippen LogP contribution < -0.4 is 5.43 Å². The molecule has 1 amide bonds. The number of aliphatic hydroxyl groups excluding tert-OH is 1. The fraction of sp³-hybridized carbons (Fsp3) is 0.312. The number of carbonyl (C=O) groups excluding carboxylic acids is 2. The van der Waals surface area contributed by atoms with Crippen molar-refractivity contribution in [1.82, 2.24) is 10.3 Å². The second-order valence-corrected chi connectivity index (χ2v) is 5.22. The van der Waals surface area contributed by atoms with Gasteiger partial charge in [-0.05, 0) is 19.4 Å². The molecule has 0 aliphatic carbocycles. The van der Waals surface area contributed by atoms with E-state index in [0.717, 1.165) is 12.1 Å². The van der Waals surface area contributed by atoms with E-state index in [2.05, 4.69) is 10.5 Å². The molecule has 0 bridgehead atoms. The van der Waals surface area contributed by atoms with Crippen molar-refractivity contribution in [3.63, 3.8) is 0 Å². The fourth-order valence-corrected chi connectivity index (χ4v) is 2.09.